The topological polar surface area (TPSA) is 79.6 Å². The van der Waals surface area contributed by atoms with Crippen LogP contribution in [0.1, 0.15) is 61.8 Å². The van der Waals surface area contributed by atoms with E-state index in [1.54, 1.807) is 12.1 Å². The molecule has 1 N–H and O–H groups in total. The zero-order chi connectivity index (χ0) is 26.8. The van der Waals surface area contributed by atoms with Crippen molar-refractivity contribution in [3.63, 3.8) is 0 Å². The highest BCUT2D eigenvalue weighted by molar-refractivity contribution is 5.70. The maximum Gasteiger partial charge on any atom is 0.306 e. The van der Waals surface area contributed by atoms with Gasteiger partial charge in [-0.3, -0.25) is 4.79 Å². The zero-order valence-electron chi connectivity index (χ0n) is 22.9. The Balaban J connectivity index is 1.47. The Kier molecular flexibility index (Phi) is 10.5. The van der Waals surface area contributed by atoms with E-state index >= 15 is 0 Å². The van der Waals surface area contributed by atoms with Crippen molar-refractivity contribution in [1.29, 1.82) is 5.26 Å². The molecule has 3 rings (SSSR count). The van der Waals surface area contributed by atoms with Crippen LogP contribution in [0.15, 0.2) is 42.5 Å². The lowest BCUT2D eigenvalue weighted by atomic mass is 10.0. The Bertz CT molecular complexity index is 1050. The number of carbonyl (C=O) groups is 1. The smallest absolute Gasteiger partial charge is 0.306 e. The van der Waals surface area contributed by atoms with Gasteiger partial charge >= 0.3 is 5.97 Å². The van der Waals surface area contributed by atoms with Crippen molar-refractivity contribution in [2.24, 2.45) is 5.92 Å². The first-order valence-corrected chi connectivity index (χ1v) is 13.6. The fourth-order valence-electron chi connectivity index (χ4n) is 5.17. The number of ether oxygens (including phenoxy) is 2. The third kappa shape index (κ3) is 8.87. The number of hydrogen-bond donors (Lipinski definition) is 1. The summed E-state index contributed by atoms with van der Waals surface area (Å²) in [6.45, 7) is 5.69. The highest BCUT2D eigenvalue weighted by atomic mass is 16.5. The standard InChI is InChI=1S/C31H43N2O4/c1-5-29(6-2)37-31(35)14-12-23-11-13-27(20-32)30(19-23)36-22-28(34)21-33(3,4)16-15-24-17-25-9-7-8-10-26(25)18-24/h7-11,13,19,24,28-29,34H,5-6,12,14-18,21-22H2,1-4H3/q+1/t28-/m1/s1. The molecule has 200 valence electrons. The summed E-state index contributed by atoms with van der Waals surface area (Å²) in [5.74, 6) is 0.898. The third-order valence-electron chi connectivity index (χ3n) is 7.41. The van der Waals surface area contributed by atoms with Crippen LogP contribution in [0.25, 0.3) is 0 Å². The lowest BCUT2D eigenvalue weighted by Crippen LogP contribution is -2.48. The van der Waals surface area contributed by atoms with Crippen LogP contribution in [0.4, 0.5) is 0 Å². The summed E-state index contributed by atoms with van der Waals surface area (Å²) >= 11 is 0. The fourth-order valence-corrected chi connectivity index (χ4v) is 5.17. The Morgan fingerprint density at radius 1 is 1.14 bits per heavy atom. The van der Waals surface area contributed by atoms with Gasteiger partial charge in [0.25, 0.3) is 0 Å². The molecule has 0 saturated carbocycles. The molecule has 6 nitrogen and oxygen atoms in total. The number of aliphatic hydroxyl groups excluding tert-OH is 1. The first-order valence-electron chi connectivity index (χ1n) is 13.6. The SMILES string of the molecule is CCC(CC)OC(=O)CCc1ccc(C#N)c(OC[C@H](O)C[N+](C)(C)CCC2Cc3ccccc3C2)c1. The third-order valence-corrected chi connectivity index (χ3v) is 7.41. The van der Waals surface area contributed by atoms with Crippen LogP contribution < -0.4 is 4.74 Å². The number of quaternary nitrogens is 1. The number of carbonyl (C=O) groups excluding carboxylic acids is 1. The maximum absolute atomic E-state index is 12.2. The van der Waals surface area contributed by atoms with Crippen LogP contribution >= 0.6 is 0 Å². The number of likely N-dealkylation sites (N-methyl/N-ethyl adjacent to an activating group) is 1. The van der Waals surface area contributed by atoms with Crippen LogP contribution in [0, 0.1) is 17.2 Å². The zero-order valence-corrected chi connectivity index (χ0v) is 22.9. The number of benzene rings is 2. The van der Waals surface area contributed by atoms with Gasteiger partial charge in [0.1, 0.15) is 37.2 Å². The van der Waals surface area contributed by atoms with Crippen molar-refractivity contribution in [2.45, 2.75) is 71.0 Å². The van der Waals surface area contributed by atoms with E-state index in [2.05, 4.69) is 44.4 Å². The summed E-state index contributed by atoms with van der Waals surface area (Å²) < 4.78 is 12.1. The van der Waals surface area contributed by atoms with Crippen molar-refractivity contribution < 1.29 is 23.9 Å². The summed E-state index contributed by atoms with van der Waals surface area (Å²) in [7, 11) is 4.29. The molecule has 1 aliphatic carbocycles. The number of fused-ring (bicyclic) bond motifs is 1. The molecule has 0 aromatic heterocycles. The van der Waals surface area contributed by atoms with Crippen molar-refractivity contribution in [1.82, 2.24) is 0 Å². The largest absolute Gasteiger partial charge is 0.489 e. The highest BCUT2D eigenvalue weighted by Gasteiger charge is 2.26. The second-order valence-electron chi connectivity index (χ2n) is 11.0. The lowest BCUT2D eigenvalue weighted by molar-refractivity contribution is -0.894. The quantitative estimate of drug-likeness (QED) is 0.292. The monoisotopic (exact) mass is 507 g/mol. The normalized spacial score (nSPS) is 14.3. The number of esters is 1. The number of aliphatic hydroxyl groups is 1. The minimum absolute atomic E-state index is 0.0361. The van der Waals surface area contributed by atoms with Crippen molar-refractivity contribution >= 4 is 5.97 Å². The summed E-state index contributed by atoms with van der Waals surface area (Å²) in [6, 6.07) is 16.2. The van der Waals surface area contributed by atoms with Crippen LogP contribution in [-0.4, -0.2) is 61.6 Å². The van der Waals surface area contributed by atoms with E-state index < -0.39 is 6.10 Å². The molecule has 1 aliphatic rings. The average molecular weight is 508 g/mol. The number of hydrogen-bond acceptors (Lipinski definition) is 5. The summed E-state index contributed by atoms with van der Waals surface area (Å²) in [4.78, 5) is 12.2. The predicted octanol–water partition coefficient (Wildman–Crippen LogP) is 4.84. The van der Waals surface area contributed by atoms with Crippen molar-refractivity contribution in [2.75, 3.05) is 33.8 Å². The van der Waals surface area contributed by atoms with Crippen molar-refractivity contribution in [3.05, 3.63) is 64.7 Å². The Hall–Kier alpha value is -2.88. The molecule has 0 fully saturated rings. The van der Waals surface area contributed by atoms with Crippen LogP contribution in [0.3, 0.4) is 0 Å². The van der Waals surface area contributed by atoms with E-state index in [4.69, 9.17) is 9.47 Å². The molecule has 1 atom stereocenters. The van der Waals surface area contributed by atoms with E-state index in [0.717, 1.165) is 44.2 Å². The lowest BCUT2D eigenvalue weighted by Gasteiger charge is -2.32. The Morgan fingerprint density at radius 3 is 2.43 bits per heavy atom. The first-order chi connectivity index (χ1) is 17.7. The van der Waals surface area contributed by atoms with E-state index in [9.17, 15) is 15.2 Å². The second-order valence-corrected chi connectivity index (χ2v) is 11.0. The fraction of sp³-hybridized carbons (Fsp3) is 0.548. The molecule has 2 aromatic rings. The molecule has 37 heavy (non-hydrogen) atoms. The van der Waals surface area contributed by atoms with Gasteiger partial charge in [0.05, 0.1) is 26.2 Å². The molecular formula is C31H43N2O4+. The summed E-state index contributed by atoms with van der Waals surface area (Å²) in [5.41, 5.74) is 4.28. The molecule has 0 radical (unpaired) electrons. The molecule has 0 aliphatic heterocycles. The number of nitriles is 1. The molecule has 6 heteroatoms. The predicted molar refractivity (Wildman–Crippen MR) is 145 cm³/mol. The Labute approximate surface area is 222 Å². The second kappa shape index (κ2) is 13.6. The van der Waals surface area contributed by atoms with Crippen LogP contribution in [-0.2, 0) is 28.8 Å². The van der Waals surface area contributed by atoms with E-state index in [-0.39, 0.29) is 25.1 Å². The molecule has 0 bridgehead atoms. The minimum Gasteiger partial charge on any atom is -0.489 e. The van der Waals surface area contributed by atoms with Gasteiger partial charge in [-0.15, -0.1) is 0 Å². The average Bonchev–Trinajstić information content (AvgIpc) is 3.31. The molecule has 0 heterocycles. The van der Waals surface area contributed by atoms with Gasteiger partial charge in [0.15, 0.2) is 0 Å². The number of aryl methyl sites for hydroxylation is 1. The molecular weight excluding hydrogens is 464 g/mol. The summed E-state index contributed by atoms with van der Waals surface area (Å²) in [5, 5.41) is 20.2. The van der Waals surface area contributed by atoms with Crippen molar-refractivity contribution in [3.8, 4) is 11.8 Å². The van der Waals surface area contributed by atoms with Gasteiger partial charge in [0, 0.05) is 12.8 Å². The molecule has 0 saturated heterocycles. The minimum atomic E-state index is -0.652. The number of rotatable bonds is 14. The first kappa shape index (κ1) is 28.7. The van der Waals surface area contributed by atoms with Gasteiger partial charge in [0.2, 0.25) is 0 Å². The van der Waals surface area contributed by atoms with Crippen LogP contribution in [0.5, 0.6) is 5.75 Å². The molecule has 0 unspecified atom stereocenters. The van der Waals surface area contributed by atoms with Gasteiger partial charge < -0.3 is 19.1 Å². The number of nitrogens with zero attached hydrogens (tertiary/aromatic N) is 2. The Morgan fingerprint density at radius 2 is 1.81 bits per heavy atom. The van der Waals surface area contributed by atoms with E-state index in [0.29, 0.717) is 34.7 Å². The van der Waals surface area contributed by atoms with Gasteiger partial charge in [-0.05, 0) is 66.8 Å². The molecule has 2 aromatic carbocycles. The molecule has 0 spiro atoms. The van der Waals surface area contributed by atoms with E-state index in [1.165, 1.54) is 11.1 Å². The highest BCUT2D eigenvalue weighted by Crippen LogP contribution is 2.29. The maximum atomic E-state index is 12.2. The van der Waals surface area contributed by atoms with Gasteiger partial charge in [-0.25, -0.2) is 0 Å². The van der Waals surface area contributed by atoms with Gasteiger partial charge in [-0.2, -0.15) is 5.26 Å². The van der Waals surface area contributed by atoms with Gasteiger partial charge in [-0.1, -0.05) is 44.2 Å². The van der Waals surface area contributed by atoms with E-state index in [1.807, 2.05) is 19.9 Å². The molecule has 0 amide bonds. The summed E-state index contributed by atoms with van der Waals surface area (Å²) in [6.07, 6.45) is 5.13. The van der Waals surface area contributed by atoms with Crippen LogP contribution in [0.2, 0.25) is 0 Å².